The van der Waals surface area contributed by atoms with Crippen LogP contribution in [0.25, 0.3) is 0 Å². The summed E-state index contributed by atoms with van der Waals surface area (Å²) in [4.78, 5) is 0. The van der Waals surface area contributed by atoms with Crippen molar-refractivity contribution in [2.24, 2.45) is 5.92 Å². The van der Waals surface area contributed by atoms with Gasteiger partial charge in [0.25, 0.3) is 0 Å². The number of rotatable bonds is 11. The van der Waals surface area contributed by atoms with E-state index in [1.807, 2.05) is 24.3 Å². The van der Waals surface area contributed by atoms with Crippen molar-refractivity contribution in [3.8, 4) is 11.8 Å². The largest absolute Gasteiger partial charge is 0.494 e. The van der Waals surface area contributed by atoms with Crippen LogP contribution < -0.4 is 10.1 Å². The smallest absolute Gasteiger partial charge is 0.150 e. The van der Waals surface area contributed by atoms with Gasteiger partial charge >= 0.3 is 0 Å². The molecule has 0 saturated heterocycles. The number of aryl methyl sites for hydroxylation is 1. The van der Waals surface area contributed by atoms with E-state index in [1.165, 1.54) is 16.7 Å². The number of nitrogens with zero attached hydrogens (tertiary/aromatic N) is 1. The minimum absolute atomic E-state index is 0. The van der Waals surface area contributed by atoms with Gasteiger partial charge in [0.1, 0.15) is 5.75 Å². The zero-order valence-corrected chi connectivity index (χ0v) is 22.3. The highest BCUT2D eigenvalue weighted by atomic mass is 35.5. The number of benzene rings is 2. The Balaban J connectivity index is 0.00000342. The van der Waals surface area contributed by atoms with Crippen molar-refractivity contribution in [2.45, 2.75) is 70.4 Å². The van der Waals surface area contributed by atoms with Gasteiger partial charge in [-0.05, 0) is 85.4 Å². The van der Waals surface area contributed by atoms with Gasteiger partial charge in [-0.3, -0.25) is 0 Å². The summed E-state index contributed by atoms with van der Waals surface area (Å²) in [5.74, 6) is 2.02. The normalized spacial score (nSPS) is 19.5. The molecule has 1 N–H and O–H groups in total. The maximum Gasteiger partial charge on any atom is 0.150 e. The molecule has 35 heavy (non-hydrogen) atoms. The molecule has 1 fully saturated rings. The molecule has 0 bridgehead atoms. The van der Waals surface area contributed by atoms with Crippen molar-refractivity contribution in [2.75, 3.05) is 18.1 Å². The van der Waals surface area contributed by atoms with Crippen LogP contribution in [-0.2, 0) is 22.7 Å². The van der Waals surface area contributed by atoms with Crippen LogP contribution in [0.3, 0.4) is 0 Å². The van der Waals surface area contributed by atoms with Crippen molar-refractivity contribution in [3.63, 3.8) is 0 Å². The number of hydrogen-bond acceptors (Lipinski definition) is 5. The van der Waals surface area contributed by atoms with Crippen LogP contribution in [0.4, 0.5) is 0 Å². The lowest BCUT2D eigenvalue weighted by atomic mass is 9.76. The lowest BCUT2D eigenvalue weighted by Gasteiger charge is -2.36. The molecule has 1 saturated carbocycles. The third kappa shape index (κ3) is 7.96. The van der Waals surface area contributed by atoms with Crippen LogP contribution in [0.15, 0.2) is 42.5 Å². The van der Waals surface area contributed by atoms with Crippen molar-refractivity contribution >= 4 is 22.2 Å². The fourth-order valence-electron chi connectivity index (χ4n) is 5.06. The first-order valence-corrected chi connectivity index (χ1v) is 14.4. The number of nitriles is 1. The third-order valence-corrected chi connectivity index (χ3v) is 8.73. The second-order valence-electron chi connectivity index (χ2n) is 10.2. The van der Waals surface area contributed by atoms with Gasteiger partial charge in [0.15, 0.2) is 9.84 Å². The van der Waals surface area contributed by atoms with Crippen LogP contribution in [0.1, 0.15) is 67.7 Å². The number of halogens is 1. The highest BCUT2D eigenvalue weighted by Gasteiger charge is 2.31. The average Bonchev–Trinajstić information content (AvgIpc) is 3.61. The molecule has 0 aromatic heterocycles. The van der Waals surface area contributed by atoms with Gasteiger partial charge in [-0.2, -0.15) is 5.26 Å². The SMILES string of the molecule is CC(C)NC1CCc2ccc(OCCCS(=O)(=O)CC3CC3)cc2C1Cc1cccc(C#N)c1.Cl. The van der Waals surface area contributed by atoms with E-state index in [9.17, 15) is 13.7 Å². The van der Waals surface area contributed by atoms with E-state index < -0.39 is 9.84 Å². The van der Waals surface area contributed by atoms with E-state index in [1.54, 1.807) is 0 Å². The molecule has 4 rings (SSSR count). The Morgan fingerprint density at radius 3 is 2.66 bits per heavy atom. The summed E-state index contributed by atoms with van der Waals surface area (Å²) in [5.41, 5.74) is 4.50. The summed E-state index contributed by atoms with van der Waals surface area (Å²) in [6.45, 7) is 4.77. The molecule has 0 amide bonds. The summed E-state index contributed by atoms with van der Waals surface area (Å²) >= 11 is 0. The molecule has 2 unspecified atom stereocenters. The van der Waals surface area contributed by atoms with Gasteiger partial charge in [0, 0.05) is 18.0 Å². The van der Waals surface area contributed by atoms with Gasteiger partial charge < -0.3 is 10.1 Å². The molecule has 2 aliphatic carbocycles. The molecule has 2 atom stereocenters. The zero-order valence-electron chi connectivity index (χ0n) is 20.7. The molecular formula is C28H37ClN2O3S. The van der Waals surface area contributed by atoms with E-state index >= 15 is 0 Å². The fourth-order valence-corrected chi connectivity index (χ4v) is 6.84. The Morgan fingerprint density at radius 1 is 1.14 bits per heavy atom. The summed E-state index contributed by atoms with van der Waals surface area (Å²) < 4.78 is 30.4. The van der Waals surface area contributed by atoms with Crippen LogP contribution in [-0.4, -0.2) is 38.6 Å². The van der Waals surface area contributed by atoms with Crippen LogP contribution in [0, 0.1) is 17.2 Å². The molecule has 5 nitrogen and oxygen atoms in total. The zero-order chi connectivity index (χ0) is 24.1. The molecule has 2 aliphatic rings. The van der Waals surface area contributed by atoms with E-state index in [0.29, 0.717) is 42.3 Å². The summed E-state index contributed by atoms with van der Waals surface area (Å²) in [7, 11) is -2.97. The number of nitrogens with one attached hydrogen (secondary N) is 1. The Kier molecular flexibility index (Phi) is 9.63. The van der Waals surface area contributed by atoms with Crippen molar-refractivity contribution in [1.29, 1.82) is 5.26 Å². The minimum atomic E-state index is -2.97. The van der Waals surface area contributed by atoms with Crippen molar-refractivity contribution in [1.82, 2.24) is 5.32 Å². The number of sulfone groups is 1. The molecule has 0 heterocycles. The Hall–Kier alpha value is -2.07. The quantitative estimate of drug-likeness (QED) is 0.414. The van der Waals surface area contributed by atoms with Gasteiger partial charge in [-0.15, -0.1) is 12.4 Å². The van der Waals surface area contributed by atoms with Crippen LogP contribution in [0.5, 0.6) is 5.75 Å². The standard InChI is InChI=1S/C28H36N2O3S.ClH/c1-20(2)30-28-12-10-24-9-11-25(33-13-4-14-34(31,32)19-21-7-8-21)17-26(24)27(28)16-22-5-3-6-23(15-22)18-29;/h3,5-6,9,11,15,17,20-21,27-28,30H,4,7-8,10,12-14,16,19H2,1-2H3;1H. The maximum atomic E-state index is 12.2. The molecule has 0 aliphatic heterocycles. The fraction of sp³-hybridized carbons (Fsp3) is 0.536. The number of ether oxygens (including phenoxy) is 1. The first-order valence-electron chi connectivity index (χ1n) is 12.5. The first-order chi connectivity index (χ1) is 16.3. The number of fused-ring (bicyclic) bond motifs is 1. The van der Waals surface area contributed by atoms with E-state index in [-0.39, 0.29) is 24.1 Å². The predicted molar refractivity (Wildman–Crippen MR) is 143 cm³/mol. The van der Waals surface area contributed by atoms with E-state index in [0.717, 1.165) is 37.9 Å². The van der Waals surface area contributed by atoms with Gasteiger partial charge in [0.05, 0.1) is 29.7 Å². The Morgan fingerprint density at radius 2 is 1.94 bits per heavy atom. The average molecular weight is 517 g/mol. The Labute approximate surface area is 216 Å². The first kappa shape index (κ1) is 27.5. The second-order valence-corrected chi connectivity index (χ2v) is 12.4. The molecule has 2 aromatic carbocycles. The molecule has 0 spiro atoms. The highest BCUT2D eigenvalue weighted by Crippen LogP contribution is 2.37. The molecule has 7 heteroatoms. The number of hydrogen-bond donors (Lipinski definition) is 1. The lowest BCUT2D eigenvalue weighted by molar-refractivity contribution is 0.314. The van der Waals surface area contributed by atoms with Gasteiger partial charge in [-0.25, -0.2) is 8.42 Å². The minimum Gasteiger partial charge on any atom is -0.494 e. The van der Waals surface area contributed by atoms with Crippen LogP contribution >= 0.6 is 12.4 Å². The highest BCUT2D eigenvalue weighted by molar-refractivity contribution is 7.91. The second kappa shape index (κ2) is 12.3. The molecule has 0 radical (unpaired) electrons. The molecular weight excluding hydrogens is 480 g/mol. The van der Waals surface area contributed by atoms with Crippen molar-refractivity contribution < 1.29 is 13.2 Å². The molecule has 2 aromatic rings. The van der Waals surface area contributed by atoms with Crippen LogP contribution in [0.2, 0.25) is 0 Å². The van der Waals surface area contributed by atoms with Gasteiger partial charge in [-0.1, -0.05) is 32.0 Å². The van der Waals surface area contributed by atoms with Crippen molar-refractivity contribution in [3.05, 3.63) is 64.7 Å². The maximum absolute atomic E-state index is 12.2. The summed E-state index contributed by atoms with van der Waals surface area (Å²) in [6, 6.07) is 17.2. The Bertz CT molecular complexity index is 1140. The summed E-state index contributed by atoms with van der Waals surface area (Å²) in [6.07, 6.45) is 5.59. The third-order valence-electron chi connectivity index (χ3n) is 6.84. The topological polar surface area (TPSA) is 79.2 Å². The van der Waals surface area contributed by atoms with Gasteiger partial charge in [0.2, 0.25) is 0 Å². The monoisotopic (exact) mass is 516 g/mol. The lowest BCUT2D eigenvalue weighted by Crippen LogP contribution is -2.42. The van der Waals surface area contributed by atoms with E-state index in [2.05, 4.69) is 43.4 Å². The predicted octanol–water partition coefficient (Wildman–Crippen LogP) is 5.21. The summed E-state index contributed by atoms with van der Waals surface area (Å²) in [5, 5.41) is 13.1. The molecule has 190 valence electrons. The van der Waals surface area contributed by atoms with E-state index in [4.69, 9.17) is 4.74 Å².